The molecule has 1 amide bonds. The maximum Gasteiger partial charge on any atom is 0.230 e. The minimum atomic E-state index is 0.177. The Kier molecular flexibility index (Phi) is 5.63. The van der Waals surface area contributed by atoms with Gasteiger partial charge in [-0.25, -0.2) is 0 Å². The summed E-state index contributed by atoms with van der Waals surface area (Å²) in [5, 5.41) is 10.2. The van der Waals surface area contributed by atoms with Gasteiger partial charge >= 0.3 is 0 Å². The van der Waals surface area contributed by atoms with Gasteiger partial charge in [0.25, 0.3) is 0 Å². The second-order valence-corrected chi connectivity index (χ2v) is 9.44. The van der Waals surface area contributed by atoms with E-state index < -0.39 is 0 Å². The molecule has 4 aliphatic rings. The van der Waals surface area contributed by atoms with Gasteiger partial charge in [0, 0.05) is 55.9 Å². The van der Waals surface area contributed by atoms with Crippen molar-refractivity contribution in [2.45, 2.75) is 62.9 Å². The molecule has 5 rings (SSSR count). The number of fused-ring (bicyclic) bond motifs is 3. The standard InChI is InChI=1S/C24H34N2O3/c27-16-22-23-19-8-4-5-9-20(19)26(24(28)18-6-2-1-3-7-18)15-21(23)25(22)14-17-10-12-29-13-11-17/h4-5,8-9,17-18,21-23,27H,1-3,6-7,10-16H2/t21-,22-,23+/m0/s1. The molecule has 2 saturated heterocycles. The van der Waals surface area contributed by atoms with Gasteiger partial charge in [0.1, 0.15) is 0 Å². The lowest BCUT2D eigenvalue weighted by atomic mass is 9.71. The second kappa shape index (κ2) is 8.37. The zero-order chi connectivity index (χ0) is 19.8. The molecule has 29 heavy (non-hydrogen) atoms. The number of aliphatic hydroxyl groups excluding tert-OH is 1. The quantitative estimate of drug-likeness (QED) is 0.846. The predicted molar refractivity (Wildman–Crippen MR) is 113 cm³/mol. The third kappa shape index (κ3) is 3.51. The number of likely N-dealkylation sites (tertiary alicyclic amines) is 1. The number of carbonyl (C=O) groups is 1. The Hall–Kier alpha value is -1.43. The van der Waals surface area contributed by atoms with Crippen LogP contribution in [0.4, 0.5) is 5.69 Å². The first-order valence-electron chi connectivity index (χ1n) is 11.6. The van der Waals surface area contributed by atoms with E-state index in [1.165, 1.54) is 24.8 Å². The molecule has 158 valence electrons. The number of nitrogens with zero attached hydrogens (tertiary/aromatic N) is 2. The van der Waals surface area contributed by atoms with Crippen LogP contribution in [0, 0.1) is 11.8 Å². The van der Waals surface area contributed by atoms with Crippen molar-refractivity contribution in [3.8, 4) is 0 Å². The monoisotopic (exact) mass is 398 g/mol. The van der Waals surface area contributed by atoms with E-state index in [-0.39, 0.29) is 18.6 Å². The molecular formula is C24H34N2O3. The third-order valence-corrected chi connectivity index (χ3v) is 7.85. The van der Waals surface area contributed by atoms with Crippen molar-refractivity contribution in [3.63, 3.8) is 0 Å². The molecule has 0 bridgehead atoms. The summed E-state index contributed by atoms with van der Waals surface area (Å²) in [5.41, 5.74) is 2.35. The molecule has 1 aromatic rings. The molecule has 3 heterocycles. The van der Waals surface area contributed by atoms with E-state index in [1.807, 2.05) is 6.07 Å². The van der Waals surface area contributed by atoms with Gasteiger partial charge in [-0.3, -0.25) is 9.69 Å². The number of amides is 1. The summed E-state index contributed by atoms with van der Waals surface area (Å²) in [6, 6.07) is 8.93. The number of anilines is 1. The number of carbonyl (C=O) groups excluding carboxylic acids is 1. The lowest BCUT2D eigenvalue weighted by Crippen LogP contribution is -2.70. The molecule has 3 fully saturated rings. The summed E-state index contributed by atoms with van der Waals surface area (Å²) >= 11 is 0. The van der Waals surface area contributed by atoms with Crippen molar-refractivity contribution in [1.29, 1.82) is 0 Å². The molecule has 0 radical (unpaired) electrons. The van der Waals surface area contributed by atoms with E-state index >= 15 is 0 Å². The van der Waals surface area contributed by atoms with E-state index in [1.54, 1.807) is 0 Å². The fraction of sp³-hybridized carbons (Fsp3) is 0.708. The minimum Gasteiger partial charge on any atom is -0.395 e. The van der Waals surface area contributed by atoms with Crippen molar-refractivity contribution in [2.75, 3.05) is 37.8 Å². The largest absolute Gasteiger partial charge is 0.395 e. The van der Waals surface area contributed by atoms with Gasteiger partial charge in [-0.2, -0.15) is 0 Å². The normalized spacial score (nSPS) is 31.1. The summed E-state index contributed by atoms with van der Waals surface area (Å²) in [5.74, 6) is 1.49. The molecule has 5 heteroatoms. The van der Waals surface area contributed by atoms with Crippen LogP contribution in [-0.2, 0) is 9.53 Å². The highest BCUT2D eigenvalue weighted by Crippen LogP contribution is 2.49. The number of rotatable bonds is 4. The number of ether oxygens (including phenoxy) is 1. The number of hydrogen-bond acceptors (Lipinski definition) is 4. The molecule has 0 spiro atoms. The highest BCUT2D eigenvalue weighted by molar-refractivity contribution is 5.96. The highest BCUT2D eigenvalue weighted by Gasteiger charge is 2.53. The van der Waals surface area contributed by atoms with Crippen LogP contribution in [-0.4, -0.2) is 60.9 Å². The summed E-state index contributed by atoms with van der Waals surface area (Å²) in [6.45, 7) is 3.69. The van der Waals surface area contributed by atoms with E-state index in [0.29, 0.717) is 23.8 Å². The van der Waals surface area contributed by atoms with E-state index in [4.69, 9.17) is 4.74 Å². The average molecular weight is 399 g/mol. The molecule has 1 aromatic carbocycles. The summed E-state index contributed by atoms with van der Waals surface area (Å²) in [6.07, 6.45) is 7.91. The maximum atomic E-state index is 13.5. The number of benzene rings is 1. The first-order chi connectivity index (χ1) is 14.3. The second-order valence-electron chi connectivity index (χ2n) is 9.44. The average Bonchev–Trinajstić information content (AvgIpc) is 2.78. The van der Waals surface area contributed by atoms with Crippen molar-refractivity contribution in [2.24, 2.45) is 11.8 Å². The first kappa shape index (κ1) is 19.5. The van der Waals surface area contributed by atoms with Crippen molar-refractivity contribution < 1.29 is 14.6 Å². The number of para-hydroxylation sites is 1. The molecule has 1 N–H and O–H groups in total. The molecule has 3 atom stereocenters. The van der Waals surface area contributed by atoms with Crippen LogP contribution in [0.3, 0.4) is 0 Å². The minimum absolute atomic E-state index is 0.177. The molecular weight excluding hydrogens is 364 g/mol. The molecule has 1 aliphatic carbocycles. The van der Waals surface area contributed by atoms with Gasteiger partial charge in [0.05, 0.1) is 6.61 Å². The van der Waals surface area contributed by atoms with Crippen LogP contribution >= 0.6 is 0 Å². The fourth-order valence-corrected chi connectivity index (χ4v) is 6.24. The summed E-state index contributed by atoms with van der Waals surface area (Å²) < 4.78 is 5.53. The molecule has 0 unspecified atom stereocenters. The highest BCUT2D eigenvalue weighted by atomic mass is 16.5. The van der Waals surface area contributed by atoms with Gasteiger partial charge in [0.15, 0.2) is 0 Å². The summed E-state index contributed by atoms with van der Waals surface area (Å²) in [7, 11) is 0. The lowest BCUT2D eigenvalue weighted by molar-refractivity contribution is -0.124. The molecule has 0 aromatic heterocycles. The van der Waals surface area contributed by atoms with Gasteiger partial charge in [0.2, 0.25) is 5.91 Å². The van der Waals surface area contributed by atoms with E-state index in [2.05, 4.69) is 28.0 Å². The van der Waals surface area contributed by atoms with Crippen LogP contribution in [0.2, 0.25) is 0 Å². The topological polar surface area (TPSA) is 53.0 Å². The van der Waals surface area contributed by atoms with Crippen molar-refractivity contribution in [1.82, 2.24) is 4.90 Å². The zero-order valence-electron chi connectivity index (χ0n) is 17.3. The summed E-state index contributed by atoms with van der Waals surface area (Å²) in [4.78, 5) is 18.1. The Labute approximate surface area is 174 Å². The van der Waals surface area contributed by atoms with Crippen LogP contribution in [0.15, 0.2) is 24.3 Å². The Morgan fingerprint density at radius 3 is 2.59 bits per heavy atom. The van der Waals surface area contributed by atoms with Gasteiger partial charge in [-0.1, -0.05) is 37.5 Å². The first-order valence-corrected chi connectivity index (χ1v) is 11.6. The van der Waals surface area contributed by atoms with E-state index in [9.17, 15) is 9.90 Å². The lowest BCUT2D eigenvalue weighted by Gasteiger charge is -2.60. The number of aliphatic hydroxyl groups is 1. The molecule has 5 nitrogen and oxygen atoms in total. The Morgan fingerprint density at radius 1 is 1.07 bits per heavy atom. The molecule has 3 aliphatic heterocycles. The Bertz CT molecular complexity index is 727. The third-order valence-electron chi connectivity index (χ3n) is 7.85. The van der Waals surface area contributed by atoms with Gasteiger partial charge in [-0.15, -0.1) is 0 Å². The zero-order valence-corrected chi connectivity index (χ0v) is 17.3. The fourth-order valence-electron chi connectivity index (χ4n) is 6.24. The molecule has 1 saturated carbocycles. The van der Waals surface area contributed by atoms with E-state index in [0.717, 1.165) is 57.7 Å². The maximum absolute atomic E-state index is 13.5. The van der Waals surface area contributed by atoms with Gasteiger partial charge in [-0.05, 0) is 43.2 Å². The SMILES string of the molecule is O=C(C1CCCCC1)N1C[C@H]2[C@@H](c3ccccc31)[C@H](CO)N2CC1CCOCC1. The van der Waals surface area contributed by atoms with Crippen LogP contribution in [0.5, 0.6) is 0 Å². The Morgan fingerprint density at radius 2 is 1.83 bits per heavy atom. The van der Waals surface area contributed by atoms with Crippen molar-refractivity contribution in [3.05, 3.63) is 29.8 Å². The van der Waals surface area contributed by atoms with Crippen LogP contribution in [0.1, 0.15) is 56.4 Å². The van der Waals surface area contributed by atoms with Crippen LogP contribution < -0.4 is 4.90 Å². The predicted octanol–water partition coefficient (Wildman–Crippen LogP) is 3.17. The smallest absolute Gasteiger partial charge is 0.230 e. The van der Waals surface area contributed by atoms with Gasteiger partial charge < -0.3 is 14.7 Å². The van der Waals surface area contributed by atoms with Crippen molar-refractivity contribution >= 4 is 11.6 Å². The Balaban J connectivity index is 1.40. The van der Waals surface area contributed by atoms with Crippen LogP contribution in [0.25, 0.3) is 0 Å². The number of hydrogen-bond donors (Lipinski definition) is 1.